The summed E-state index contributed by atoms with van der Waals surface area (Å²) in [6.45, 7) is 4.91. The van der Waals surface area contributed by atoms with Crippen LogP contribution < -0.4 is 0 Å². The predicted molar refractivity (Wildman–Crippen MR) is 35.2 cm³/mol. The van der Waals surface area contributed by atoms with Crippen LogP contribution in [0.3, 0.4) is 0 Å². The van der Waals surface area contributed by atoms with Crippen LogP contribution in [0.15, 0.2) is 22.2 Å². The summed E-state index contributed by atoms with van der Waals surface area (Å²) in [5.41, 5.74) is 2.45. The Morgan fingerprint density at radius 1 is 1.62 bits per heavy atom. The van der Waals surface area contributed by atoms with Gasteiger partial charge in [-0.05, 0) is 25.8 Å². The van der Waals surface area contributed by atoms with Gasteiger partial charge in [0, 0.05) is 5.57 Å². The quantitative estimate of drug-likeness (QED) is 0.445. The first-order valence-electron chi connectivity index (χ1n) is 2.72. The van der Waals surface area contributed by atoms with Crippen molar-refractivity contribution in [2.75, 3.05) is 6.54 Å². The molecule has 42 valence electrons. The second-order valence-corrected chi connectivity index (χ2v) is 2.10. The van der Waals surface area contributed by atoms with Crippen LogP contribution in [0.4, 0.5) is 0 Å². The molecule has 0 N–H and O–H groups in total. The molecule has 8 heavy (non-hydrogen) atoms. The fourth-order valence-corrected chi connectivity index (χ4v) is 0.736. The van der Waals surface area contributed by atoms with Gasteiger partial charge in [-0.3, -0.25) is 0 Å². The highest BCUT2D eigenvalue weighted by atomic mass is 14.7. The smallest absolute Gasteiger partial charge is 0.0695 e. The van der Waals surface area contributed by atoms with Gasteiger partial charge in [-0.1, -0.05) is 5.57 Å². The predicted octanol–water partition coefficient (Wildman–Crippen LogP) is 1.56. The number of hydrogen-bond donors (Lipinski definition) is 0. The van der Waals surface area contributed by atoms with E-state index in [0.29, 0.717) is 0 Å². The summed E-state index contributed by atoms with van der Waals surface area (Å²) < 4.78 is 0. The molecule has 0 saturated carbocycles. The van der Waals surface area contributed by atoms with E-state index in [-0.39, 0.29) is 0 Å². The minimum Gasteiger partial charge on any atom is -0.238 e. The Bertz CT molecular complexity index is 181. The molecule has 0 saturated heterocycles. The van der Waals surface area contributed by atoms with Crippen molar-refractivity contribution in [3.8, 4) is 0 Å². The maximum absolute atomic E-state index is 3.98. The van der Waals surface area contributed by atoms with Crippen molar-refractivity contribution in [3.63, 3.8) is 0 Å². The Kier molecular flexibility index (Phi) is 1.32. The van der Waals surface area contributed by atoms with Gasteiger partial charge in [-0.2, -0.15) is 0 Å². The highest BCUT2D eigenvalue weighted by Crippen LogP contribution is 2.01. The summed E-state index contributed by atoms with van der Waals surface area (Å²) in [5, 5.41) is 0. The van der Waals surface area contributed by atoms with E-state index >= 15 is 0 Å². The molecule has 0 fully saturated rings. The fraction of sp³-hybridized carbons (Fsp3) is 0.429. The highest BCUT2D eigenvalue weighted by molar-refractivity contribution is 5.63. The van der Waals surface area contributed by atoms with Crippen LogP contribution >= 0.6 is 0 Å². The molecule has 1 nitrogen and oxygen atoms in total. The Morgan fingerprint density at radius 3 is 2.75 bits per heavy atom. The average Bonchev–Trinajstić information content (AvgIpc) is 1.64. The van der Waals surface area contributed by atoms with Crippen LogP contribution in [-0.2, 0) is 0 Å². The van der Waals surface area contributed by atoms with Crippen molar-refractivity contribution >= 4 is 5.87 Å². The second-order valence-electron chi connectivity index (χ2n) is 2.10. The molecule has 1 rings (SSSR count). The van der Waals surface area contributed by atoms with Crippen LogP contribution in [0.1, 0.15) is 13.8 Å². The zero-order valence-corrected chi connectivity index (χ0v) is 5.23. The van der Waals surface area contributed by atoms with Crippen LogP contribution in [0.2, 0.25) is 0 Å². The Balaban J connectivity index is 2.90. The molecule has 0 aromatic carbocycles. The minimum absolute atomic E-state index is 0.831. The first kappa shape index (κ1) is 5.33. The lowest BCUT2D eigenvalue weighted by Crippen LogP contribution is -1.88. The summed E-state index contributed by atoms with van der Waals surface area (Å²) >= 11 is 0. The zero-order chi connectivity index (χ0) is 5.98. The lowest BCUT2D eigenvalue weighted by molar-refractivity contribution is 1.12. The van der Waals surface area contributed by atoms with Gasteiger partial charge in [0.25, 0.3) is 0 Å². The minimum atomic E-state index is 0.831. The fourth-order valence-electron chi connectivity index (χ4n) is 0.736. The second kappa shape index (κ2) is 1.97. The molecule has 0 aromatic heterocycles. The van der Waals surface area contributed by atoms with Crippen LogP contribution in [0, 0.1) is 0 Å². The van der Waals surface area contributed by atoms with Gasteiger partial charge >= 0.3 is 0 Å². The normalized spacial score (nSPS) is 17.8. The third kappa shape index (κ3) is 1.08. The van der Waals surface area contributed by atoms with Gasteiger partial charge in [0.2, 0.25) is 0 Å². The molecule has 1 heteroatoms. The number of hydrogen-bond acceptors (Lipinski definition) is 1. The summed E-state index contributed by atoms with van der Waals surface area (Å²) in [5.74, 6) is 2.88. The molecular formula is C7H9N. The highest BCUT2D eigenvalue weighted by Gasteiger charge is 1.90. The van der Waals surface area contributed by atoms with E-state index in [4.69, 9.17) is 0 Å². The van der Waals surface area contributed by atoms with Gasteiger partial charge in [0.15, 0.2) is 0 Å². The molecule has 1 aliphatic heterocycles. The molecule has 1 heterocycles. The maximum Gasteiger partial charge on any atom is 0.0695 e. The van der Waals surface area contributed by atoms with Crippen LogP contribution in [-0.4, -0.2) is 12.4 Å². The Morgan fingerprint density at radius 2 is 2.38 bits per heavy atom. The van der Waals surface area contributed by atoms with Crippen molar-refractivity contribution in [1.82, 2.24) is 0 Å². The van der Waals surface area contributed by atoms with E-state index in [0.717, 1.165) is 12.1 Å². The third-order valence-electron chi connectivity index (χ3n) is 1.05. The molecule has 0 spiro atoms. The maximum atomic E-state index is 3.98. The van der Waals surface area contributed by atoms with Crippen molar-refractivity contribution in [2.45, 2.75) is 13.8 Å². The summed E-state index contributed by atoms with van der Waals surface area (Å²) in [6, 6.07) is 0. The zero-order valence-electron chi connectivity index (χ0n) is 5.23. The molecule has 0 unspecified atom stereocenters. The molecular weight excluding hydrogens is 98.1 g/mol. The topological polar surface area (TPSA) is 12.4 Å². The van der Waals surface area contributed by atoms with E-state index in [9.17, 15) is 0 Å². The molecule has 0 aliphatic carbocycles. The van der Waals surface area contributed by atoms with E-state index < -0.39 is 0 Å². The van der Waals surface area contributed by atoms with E-state index in [1.54, 1.807) is 0 Å². The summed E-state index contributed by atoms with van der Waals surface area (Å²) in [6.07, 6.45) is 2.10. The molecule has 0 bridgehead atoms. The summed E-state index contributed by atoms with van der Waals surface area (Å²) in [7, 11) is 0. The van der Waals surface area contributed by atoms with E-state index in [1.165, 1.54) is 5.57 Å². The number of allylic oxidation sites excluding steroid dienone is 2. The SMILES string of the molecule is CC1=C=NCC(C)=C1. The standard InChI is InChI=1S/C7H9N/c1-6-3-7(2)5-8-4-6/h3H,4H2,1-2H3. The third-order valence-corrected chi connectivity index (χ3v) is 1.05. The lowest BCUT2D eigenvalue weighted by atomic mass is 10.2. The number of rotatable bonds is 0. The molecule has 0 radical (unpaired) electrons. The van der Waals surface area contributed by atoms with Gasteiger partial charge < -0.3 is 0 Å². The van der Waals surface area contributed by atoms with Crippen LogP contribution in [0.5, 0.6) is 0 Å². The van der Waals surface area contributed by atoms with E-state index in [2.05, 4.69) is 23.9 Å². The van der Waals surface area contributed by atoms with Gasteiger partial charge in [0.1, 0.15) is 0 Å². The molecule has 0 atom stereocenters. The summed E-state index contributed by atoms with van der Waals surface area (Å²) in [4.78, 5) is 3.98. The van der Waals surface area contributed by atoms with E-state index in [1.807, 2.05) is 6.92 Å². The average molecular weight is 107 g/mol. The van der Waals surface area contributed by atoms with Gasteiger partial charge in [0.05, 0.1) is 6.54 Å². The van der Waals surface area contributed by atoms with Gasteiger partial charge in [-0.25, -0.2) is 4.99 Å². The first-order chi connectivity index (χ1) is 3.79. The Hall–Kier alpha value is -0.810. The monoisotopic (exact) mass is 107 g/mol. The molecule has 1 aliphatic rings. The number of aliphatic imine (C=N–C) groups is 1. The van der Waals surface area contributed by atoms with Crippen molar-refractivity contribution in [1.29, 1.82) is 0 Å². The lowest BCUT2D eigenvalue weighted by Gasteiger charge is -1.97. The van der Waals surface area contributed by atoms with Crippen molar-refractivity contribution < 1.29 is 0 Å². The molecule has 0 aromatic rings. The van der Waals surface area contributed by atoms with Crippen LogP contribution in [0.25, 0.3) is 0 Å². The Labute approximate surface area is 49.4 Å². The van der Waals surface area contributed by atoms with Gasteiger partial charge in [-0.15, -0.1) is 0 Å². The van der Waals surface area contributed by atoms with Crippen molar-refractivity contribution in [3.05, 3.63) is 17.2 Å². The number of nitrogens with zero attached hydrogens (tertiary/aromatic N) is 1. The first-order valence-corrected chi connectivity index (χ1v) is 2.72. The molecule has 0 amide bonds. The van der Waals surface area contributed by atoms with Crippen molar-refractivity contribution in [2.24, 2.45) is 4.99 Å². The largest absolute Gasteiger partial charge is 0.238 e.